The molecule has 0 radical (unpaired) electrons. The Morgan fingerprint density at radius 2 is 2.00 bits per heavy atom. The molecule has 0 amide bonds. The third-order valence-electron chi connectivity index (χ3n) is 1.55. The van der Waals surface area contributed by atoms with Crippen LogP contribution in [0.3, 0.4) is 0 Å². The third kappa shape index (κ3) is 6.52. The van der Waals surface area contributed by atoms with Crippen LogP contribution >= 0.6 is 0 Å². The molecule has 0 aliphatic heterocycles. The molecule has 0 spiro atoms. The number of ether oxygens (including phenoxy) is 2. The predicted octanol–water partition coefficient (Wildman–Crippen LogP) is 2.52. The standard InChI is InChI=1S/C11H20O3/c1-5-6-7-13-10(4)11(12)14-8-9(2)3/h9H,4-8H2,1-3H3. The summed E-state index contributed by atoms with van der Waals surface area (Å²) in [6.45, 7) is 10.5. The molecule has 14 heavy (non-hydrogen) atoms. The quantitative estimate of drug-likeness (QED) is 0.274. The zero-order valence-electron chi connectivity index (χ0n) is 9.34. The van der Waals surface area contributed by atoms with Gasteiger partial charge in [0, 0.05) is 0 Å². The summed E-state index contributed by atoms with van der Waals surface area (Å²) in [4.78, 5) is 11.2. The van der Waals surface area contributed by atoms with Crippen LogP contribution in [-0.4, -0.2) is 19.2 Å². The van der Waals surface area contributed by atoms with Gasteiger partial charge in [-0.05, 0) is 18.9 Å². The molecule has 0 aromatic heterocycles. The summed E-state index contributed by atoms with van der Waals surface area (Å²) in [5.41, 5.74) is 0. The maximum Gasteiger partial charge on any atom is 0.372 e. The van der Waals surface area contributed by atoms with Gasteiger partial charge in [0.25, 0.3) is 0 Å². The van der Waals surface area contributed by atoms with Crippen LogP contribution in [-0.2, 0) is 14.3 Å². The molecule has 0 atom stereocenters. The van der Waals surface area contributed by atoms with Crippen molar-refractivity contribution in [2.75, 3.05) is 13.2 Å². The van der Waals surface area contributed by atoms with Gasteiger partial charge in [0.05, 0.1) is 13.2 Å². The second-order valence-corrected chi connectivity index (χ2v) is 3.62. The summed E-state index contributed by atoms with van der Waals surface area (Å²) in [5.74, 6) is -0.00343. The van der Waals surface area contributed by atoms with Gasteiger partial charge in [0.15, 0.2) is 5.76 Å². The van der Waals surface area contributed by atoms with E-state index >= 15 is 0 Å². The molecule has 0 saturated carbocycles. The highest BCUT2D eigenvalue weighted by Gasteiger charge is 2.09. The van der Waals surface area contributed by atoms with Gasteiger partial charge in [-0.1, -0.05) is 27.2 Å². The van der Waals surface area contributed by atoms with Gasteiger partial charge in [0.1, 0.15) is 0 Å². The molecule has 0 aromatic rings. The van der Waals surface area contributed by atoms with Crippen LogP contribution in [0.25, 0.3) is 0 Å². The SMILES string of the molecule is C=C(OCCCC)C(=O)OCC(C)C. The molecule has 0 aliphatic rings. The van der Waals surface area contributed by atoms with Crippen LogP contribution in [0, 0.1) is 5.92 Å². The fourth-order valence-corrected chi connectivity index (χ4v) is 0.721. The van der Waals surface area contributed by atoms with Crippen LogP contribution in [0.1, 0.15) is 33.6 Å². The van der Waals surface area contributed by atoms with Gasteiger partial charge in [-0.3, -0.25) is 0 Å². The number of hydrogen-bond acceptors (Lipinski definition) is 3. The van der Waals surface area contributed by atoms with Crippen molar-refractivity contribution in [3.05, 3.63) is 12.3 Å². The van der Waals surface area contributed by atoms with Gasteiger partial charge in [0.2, 0.25) is 0 Å². The maximum atomic E-state index is 11.2. The molecule has 0 aromatic carbocycles. The minimum Gasteiger partial charge on any atom is -0.487 e. The van der Waals surface area contributed by atoms with Crippen molar-refractivity contribution in [2.24, 2.45) is 5.92 Å². The Hall–Kier alpha value is -0.990. The van der Waals surface area contributed by atoms with Crippen molar-refractivity contribution in [3.8, 4) is 0 Å². The molecular formula is C11H20O3. The largest absolute Gasteiger partial charge is 0.487 e. The summed E-state index contributed by atoms with van der Waals surface area (Å²) < 4.78 is 10.0. The van der Waals surface area contributed by atoms with Gasteiger partial charge < -0.3 is 9.47 Å². The monoisotopic (exact) mass is 200 g/mol. The first-order valence-electron chi connectivity index (χ1n) is 5.06. The Bertz CT molecular complexity index is 185. The van der Waals surface area contributed by atoms with Crippen LogP contribution < -0.4 is 0 Å². The third-order valence-corrected chi connectivity index (χ3v) is 1.55. The first-order valence-corrected chi connectivity index (χ1v) is 5.06. The maximum absolute atomic E-state index is 11.2. The number of unbranched alkanes of at least 4 members (excludes halogenated alkanes) is 1. The molecule has 0 heterocycles. The summed E-state index contributed by atoms with van der Waals surface area (Å²) in [6.07, 6.45) is 1.96. The normalized spacial score (nSPS) is 10.0. The molecule has 82 valence electrons. The van der Waals surface area contributed by atoms with Crippen molar-refractivity contribution < 1.29 is 14.3 Å². The molecule has 0 aliphatic carbocycles. The van der Waals surface area contributed by atoms with E-state index in [9.17, 15) is 4.79 Å². The van der Waals surface area contributed by atoms with E-state index in [1.807, 2.05) is 13.8 Å². The Morgan fingerprint density at radius 1 is 1.36 bits per heavy atom. The number of rotatable bonds is 7. The van der Waals surface area contributed by atoms with Crippen LogP contribution in [0.4, 0.5) is 0 Å². The summed E-state index contributed by atoms with van der Waals surface area (Å²) in [6, 6.07) is 0. The minimum atomic E-state index is -0.449. The van der Waals surface area contributed by atoms with Crippen LogP contribution in [0.2, 0.25) is 0 Å². The molecule has 3 nitrogen and oxygen atoms in total. The Balaban J connectivity index is 3.60. The summed E-state index contributed by atoms with van der Waals surface area (Å²) in [5, 5.41) is 0. The number of hydrogen-bond donors (Lipinski definition) is 0. The summed E-state index contributed by atoms with van der Waals surface area (Å²) in [7, 11) is 0. The second kappa shape index (κ2) is 7.42. The predicted molar refractivity (Wildman–Crippen MR) is 55.8 cm³/mol. The number of esters is 1. The minimum absolute atomic E-state index is 0.110. The van der Waals surface area contributed by atoms with E-state index in [4.69, 9.17) is 9.47 Å². The lowest BCUT2D eigenvalue weighted by Gasteiger charge is -2.09. The van der Waals surface area contributed by atoms with Crippen molar-refractivity contribution in [1.29, 1.82) is 0 Å². The molecule has 0 N–H and O–H groups in total. The van der Waals surface area contributed by atoms with E-state index in [2.05, 4.69) is 13.5 Å². The second-order valence-electron chi connectivity index (χ2n) is 3.62. The highest BCUT2D eigenvalue weighted by Crippen LogP contribution is 2.02. The van der Waals surface area contributed by atoms with Gasteiger partial charge in [-0.15, -0.1) is 0 Å². The fourth-order valence-electron chi connectivity index (χ4n) is 0.721. The lowest BCUT2D eigenvalue weighted by molar-refractivity contribution is -0.144. The van der Waals surface area contributed by atoms with Crippen LogP contribution in [0.5, 0.6) is 0 Å². The Labute approximate surface area is 86.1 Å². The lowest BCUT2D eigenvalue weighted by atomic mass is 10.2. The first kappa shape index (κ1) is 13.0. The van der Waals surface area contributed by atoms with E-state index < -0.39 is 5.97 Å². The fraction of sp³-hybridized carbons (Fsp3) is 0.727. The van der Waals surface area contributed by atoms with Gasteiger partial charge in [-0.25, -0.2) is 4.79 Å². The molecule has 3 heteroatoms. The van der Waals surface area contributed by atoms with E-state index in [0.717, 1.165) is 12.8 Å². The first-order chi connectivity index (χ1) is 6.57. The number of carbonyl (C=O) groups is 1. The average Bonchev–Trinajstić information content (AvgIpc) is 2.14. The zero-order chi connectivity index (χ0) is 11.0. The Morgan fingerprint density at radius 3 is 2.50 bits per heavy atom. The zero-order valence-corrected chi connectivity index (χ0v) is 9.34. The van der Waals surface area contributed by atoms with E-state index in [-0.39, 0.29) is 5.76 Å². The molecule has 0 rings (SSSR count). The summed E-state index contributed by atoms with van der Waals surface area (Å²) >= 11 is 0. The van der Waals surface area contributed by atoms with E-state index in [1.54, 1.807) is 0 Å². The van der Waals surface area contributed by atoms with Crippen molar-refractivity contribution >= 4 is 5.97 Å². The topological polar surface area (TPSA) is 35.5 Å². The smallest absolute Gasteiger partial charge is 0.372 e. The molecule has 0 fully saturated rings. The lowest BCUT2D eigenvalue weighted by Crippen LogP contribution is -2.13. The van der Waals surface area contributed by atoms with Crippen molar-refractivity contribution in [2.45, 2.75) is 33.6 Å². The number of carbonyl (C=O) groups excluding carboxylic acids is 1. The highest BCUT2D eigenvalue weighted by atomic mass is 16.6. The molecule has 0 saturated heterocycles. The van der Waals surface area contributed by atoms with Gasteiger partial charge >= 0.3 is 5.97 Å². The molecule has 0 bridgehead atoms. The van der Waals surface area contributed by atoms with Gasteiger partial charge in [-0.2, -0.15) is 0 Å². The molecular weight excluding hydrogens is 180 g/mol. The van der Waals surface area contributed by atoms with Crippen LogP contribution in [0.15, 0.2) is 12.3 Å². The van der Waals surface area contributed by atoms with E-state index in [1.165, 1.54) is 0 Å². The van der Waals surface area contributed by atoms with E-state index in [0.29, 0.717) is 19.1 Å². The molecule has 0 unspecified atom stereocenters. The average molecular weight is 200 g/mol. The highest BCUT2D eigenvalue weighted by molar-refractivity contribution is 5.85. The Kier molecular flexibility index (Phi) is 6.89. The van der Waals surface area contributed by atoms with Crippen molar-refractivity contribution in [3.63, 3.8) is 0 Å². The van der Waals surface area contributed by atoms with Crippen molar-refractivity contribution in [1.82, 2.24) is 0 Å².